The third kappa shape index (κ3) is 7.04. The maximum Gasteiger partial charge on any atom is 0.224 e. The van der Waals surface area contributed by atoms with Crippen molar-refractivity contribution in [2.75, 3.05) is 25.4 Å². The van der Waals surface area contributed by atoms with Crippen LogP contribution in [0.15, 0.2) is 24.3 Å². The van der Waals surface area contributed by atoms with Gasteiger partial charge < -0.3 is 5.32 Å². The first-order chi connectivity index (χ1) is 11.3. The molecule has 0 aromatic heterocycles. The molecule has 1 unspecified atom stereocenters. The van der Waals surface area contributed by atoms with Gasteiger partial charge in [0.2, 0.25) is 5.91 Å². The van der Waals surface area contributed by atoms with Gasteiger partial charge in [-0.15, -0.1) is 0 Å². The summed E-state index contributed by atoms with van der Waals surface area (Å²) in [5.74, 6) is 1.30. The van der Waals surface area contributed by atoms with Crippen molar-refractivity contribution in [2.24, 2.45) is 5.92 Å². The van der Waals surface area contributed by atoms with Crippen LogP contribution in [0.4, 0.5) is 0 Å². The van der Waals surface area contributed by atoms with E-state index in [0.29, 0.717) is 0 Å². The number of likely N-dealkylation sites (tertiary alicyclic amines) is 1. The van der Waals surface area contributed by atoms with Crippen molar-refractivity contribution in [1.82, 2.24) is 10.2 Å². The van der Waals surface area contributed by atoms with Gasteiger partial charge >= 0.3 is 0 Å². The van der Waals surface area contributed by atoms with E-state index in [1.165, 1.54) is 5.56 Å². The summed E-state index contributed by atoms with van der Waals surface area (Å²) in [5, 5.41) is 3.88. The molecule has 0 bridgehead atoms. The van der Waals surface area contributed by atoms with Gasteiger partial charge in [-0.3, -0.25) is 9.69 Å². The standard InChI is InChI=1S/C19H29ClN2OS/c1-19(2,3)24-12-10-21-18(23)16-5-4-11-22(14-16)13-15-6-8-17(20)9-7-15/h6-9,16H,4-5,10-14H2,1-3H3,(H,21,23). The van der Waals surface area contributed by atoms with Crippen molar-refractivity contribution in [3.05, 3.63) is 34.9 Å². The molecular weight excluding hydrogens is 340 g/mol. The van der Waals surface area contributed by atoms with Crippen LogP contribution in [0.5, 0.6) is 0 Å². The van der Waals surface area contributed by atoms with Crippen LogP contribution in [-0.2, 0) is 11.3 Å². The molecule has 5 heteroatoms. The highest BCUT2D eigenvalue weighted by atomic mass is 35.5. The normalized spacial score (nSPS) is 19.2. The number of thioether (sulfide) groups is 1. The van der Waals surface area contributed by atoms with Gasteiger partial charge in [-0.05, 0) is 37.1 Å². The van der Waals surface area contributed by atoms with E-state index >= 15 is 0 Å². The van der Waals surface area contributed by atoms with E-state index in [-0.39, 0.29) is 16.6 Å². The molecule has 1 aromatic rings. The first-order valence-electron chi connectivity index (χ1n) is 8.72. The number of piperidine rings is 1. The van der Waals surface area contributed by atoms with Crippen molar-refractivity contribution in [1.29, 1.82) is 0 Å². The lowest BCUT2D eigenvalue weighted by Gasteiger charge is -2.32. The monoisotopic (exact) mass is 368 g/mol. The summed E-state index contributed by atoms with van der Waals surface area (Å²) in [6.45, 7) is 10.2. The van der Waals surface area contributed by atoms with E-state index < -0.39 is 0 Å². The predicted molar refractivity (Wildman–Crippen MR) is 105 cm³/mol. The van der Waals surface area contributed by atoms with Crippen molar-refractivity contribution >= 4 is 29.3 Å². The Hall–Kier alpha value is -0.710. The Morgan fingerprint density at radius 2 is 2.04 bits per heavy atom. The van der Waals surface area contributed by atoms with Gasteiger partial charge in [0.25, 0.3) is 0 Å². The Balaban J connectivity index is 1.75. The fourth-order valence-corrected chi connectivity index (χ4v) is 3.88. The minimum absolute atomic E-state index is 0.116. The average Bonchev–Trinajstić information content (AvgIpc) is 2.53. The number of amides is 1. The van der Waals surface area contributed by atoms with E-state index in [2.05, 4.69) is 43.1 Å². The van der Waals surface area contributed by atoms with Gasteiger partial charge in [0.1, 0.15) is 0 Å². The van der Waals surface area contributed by atoms with Crippen molar-refractivity contribution in [3.63, 3.8) is 0 Å². The number of benzene rings is 1. The summed E-state index contributed by atoms with van der Waals surface area (Å²) < 4.78 is 0.255. The number of hydrogen-bond donors (Lipinski definition) is 1. The Labute approximate surface area is 155 Å². The van der Waals surface area contributed by atoms with Gasteiger partial charge in [0, 0.05) is 35.2 Å². The molecule has 3 nitrogen and oxygen atoms in total. The Bertz CT molecular complexity index is 527. The van der Waals surface area contributed by atoms with Crippen molar-refractivity contribution in [2.45, 2.75) is 44.9 Å². The first-order valence-corrected chi connectivity index (χ1v) is 10.1. The van der Waals surface area contributed by atoms with Crippen LogP contribution in [0.1, 0.15) is 39.2 Å². The molecule has 0 spiro atoms. The molecule has 2 rings (SSSR count). The van der Waals surface area contributed by atoms with E-state index in [1.807, 2.05) is 23.9 Å². The molecule has 1 aromatic carbocycles. The molecule has 1 atom stereocenters. The quantitative estimate of drug-likeness (QED) is 0.764. The number of carbonyl (C=O) groups is 1. The molecule has 0 aliphatic carbocycles. The highest BCUT2D eigenvalue weighted by Crippen LogP contribution is 2.22. The van der Waals surface area contributed by atoms with Crippen LogP contribution >= 0.6 is 23.4 Å². The molecular formula is C19H29ClN2OS. The average molecular weight is 369 g/mol. The smallest absolute Gasteiger partial charge is 0.224 e. The number of carbonyl (C=O) groups excluding carboxylic acids is 1. The Morgan fingerprint density at radius 3 is 2.71 bits per heavy atom. The summed E-state index contributed by atoms with van der Waals surface area (Å²) >= 11 is 7.83. The van der Waals surface area contributed by atoms with E-state index in [0.717, 1.165) is 49.8 Å². The molecule has 1 heterocycles. The van der Waals surface area contributed by atoms with Crippen molar-refractivity contribution in [3.8, 4) is 0 Å². The number of nitrogens with one attached hydrogen (secondary N) is 1. The van der Waals surface area contributed by atoms with Crippen LogP contribution in [-0.4, -0.2) is 40.9 Å². The lowest BCUT2D eigenvalue weighted by Crippen LogP contribution is -2.43. The second-order valence-electron chi connectivity index (χ2n) is 7.45. The number of halogens is 1. The molecule has 1 amide bonds. The lowest BCUT2D eigenvalue weighted by molar-refractivity contribution is -0.126. The second-order valence-corrected chi connectivity index (χ2v) is 9.81. The number of nitrogens with zero attached hydrogens (tertiary/aromatic N) is 1. The minimum atomic E-state index is 0.116. The minimum Gasteiger partial charge on any atom is -0.355 e. The fourth-order valence-electron chi connectivity index (χ4n) is 2.94. The lowest BCUT2D eigenvalue weighted by atomic mass is 9.96. The molecule has 0 saturated carbocycles. The summed E-state index contributed by atoms with van der Waals surface area (Å²) in [4.78, 5) is 14.8. The maximum atomic E-state index is 12.4. The van der Waals surface area contributed by atoms with Crippen LogP contribution in [0.3, 0.4) is 0 Å². The third-order valence-corrected chi connectivity index (χ3v) is 5.66. The number of hydrogen-bond acceptors (Lipinski definition) is 3. The molecule has 1 saturated heterocycles. The third-order valence-electron chi connectivity index (χ3n) is 4.13. The second kappa shape index (κ2) is 9.12. The molecule has 1 fully saturated rings. The van der Waals surface area contributed by atoms with E-state index in [9.17, 15) is 4.79 Å². The first kappa shape index (κ1) is 19.6. The van der Waals surface area contributed by atoms with Gasteiger partial charge in [-0.25, -0.2) is 0 Å². The van der Waals surface area contributed by atoms with Gasteiger partial charge in [-0.1, -0.05) is 44.5 Å². The maximum absolute atomic E-state index is 12.4. The Morgan fingerprint density at radius 1 is 1.33 bits per heavy atom. The summed E-state index contributed by atoms with van der Waals surface area (Å²) in [7, 11) is 0. The summed E-state index contributed by atoms with van der Waals surface area (Å²) in [5.41, 5.74) is 1.25. The van der Waals surface area contributed by atoms with Gasteiger partial charge in [-0.2, -0.15) is 11.8 Å². The number of rotatable bonds is 6. The topological polar surface area (TPSA) is 32.3 Å². The van der Waals surface area contributed by atoms with Gasteiger partial charge in [0.15, 0.2) is 0 Å². The largest absolute Gasteiger partial charge is 0.355 e. The van der Waals surface area contributed by atoms with Crippen LogP contribution in [0.2, 0.25) is 5.02 Å². The summed E-state index contributed by atoms with van der Waals surface area (Å²) in [6.07, 6.45) is 2.08. The highest BCUT2D eigenvalue weighted by molar-refractivity contribution is 8.00. The molecule has 1 aliphatic rings. The molecule has 1 N–H and O–H groups in total. The predicted octanol–water partition coefficient (Wildman–Crippen LogP) is 4.20. The highest BCUT2D eigenvalue weighted by Gasteiger charge is 2.25. The molecule has 0 radical (unpaired) electrons. The zero-order valence-corrected chi connectivity index (χ0v) is 16.6. The van der Waals surface area contributed by atoms with Crippen LogP contribution < -0.4 is 5.32 Å². The van der Waals surface area contributed by atoms with Crippen LogP contribution in [0.25, 0.3) is 0 Å². The summed E-state index contributed by atoms with van der Waals surface area (Å²) in [6, 6.07) is 7.99. The zero-order chi connectivity index (χ0) is 17.6. The SMILES string of the molecule is CC(C)(C)SCCNC(=O)C1CCCN(Cc2ccc(Cl)cc2)C1. The van der Waals surface area contributed by atoms with E-state index in [1.54, 1.807) is 0 Å². The Kier molecular flexibility index (Phi) is 7.45. The molecule has 134 valence electrons. The zero-order valence-electron chi connectivity index (χ0n) is 15.0. The van der Waals surface area contributed by atoms with Gasteiger partial charge in [0.05, 0.1) is 5.92 Å². The molecule has 24 heavy (non-hydrogen) atoms. The molecule has 1 aliphatic heterocycles. The fraction of sp³-hybridized carbons (Fsp3) is 0.632. The van der Waals surface area contributed by atoms with Crippen LogP contribution in [0, 0.1) is 5.92 Å². The van der Waals surface area contributed by atoms with Crippen molar-refractivity contribution < 1.29 is 4.79 Å². The van der Waals surface area contributed by atoms with E-state index in [4.69, 9.17) is 11.6 Å².